The van der Waals surface area contributed by atoms with Crippen LogP contribution in [0.4, 0.5) is 0 Å². The molecule has 2 atom stereocenters. The lowest BCUT2D eigenvalue weighted by Crippen LogP contribution is -2.51. The Kier molecular flexibility index (Phi) is 8.37. The van der Waals surface area contributed by atoms with Gasteiger partial charge < -0.3 is 29.3 Å². The summed E-state index contributed by atoms with van der Waals surface area (Å²) in [6.45, 7) is 8.73. The van der Waals surface area contributed by atoms with Gasteiger partial charge in [0.1, 0.15) is 36.6 Å². The Hall–Kier alpha value is -2.95. The van der Waals surface area contributed by atoms with Gasteiger partial charge in [-0.05, 0) is 36.6 Å². The van der Waals surface area contributed by atoms with E-state index in [9.17, 15) is 14.4 Å². The van der Waals surface area contributed by atoms with Crippen LogP contribution in [0.5, 0.6) is 5.75 Å². The Morgan fingerprint density at radius 3 is 2.69 bits per heavy atom. The van der Waals surface area contributed by atoms with Crippen molar-refractivity contribution in [3.05, 3.63) is 30.0 Å². The van der Waals surface area contributed by atoms with Gasteiger partial charge in [0.25, 0.3) is 5.91 Å². The summed E-state index contributed by atoms with van der Waals surface area (Å²) in [6, 6.07) is 5.56. The molecule has 2 aliphatic heterocycles. The fourth-order valence-corrected chi connectivity index (χ4v) is 4.14. The first-order valence-electron chi connectivity index (χ1n) is 12.1. The van der Waals surface area contributed by atoms with E-state index < -0.39 is 23.9 Å². The summed E-state index contributed by atoms with van der Waals surface area (Å²) in [5.41, 5.74) is 0.550. The predicted octanol–water partition coefficient (Wildman–Crippen LogP) is 1.37. The van der Waals surface area contributed by atoms with Crippen LogP contribution in [0.3, 0.4) is 0 Å². The van der Waals surface area contributed by atoms with E-state index in [-0.39, 0.29) is 30.7 Å². The molecule has 10 heteroatoms. The van der Waals surface area contributed by atoms with E-state index in [0.29, 0.717) is 24.4 Å². The maximum Gasteiger partial charge on any atom is 0.287 e. The minimum Gasteiger partial charge on any atom is -0.492 e. The molecule has 2 aliphatic rings. The monoisotopic (exact) mass is 487 g/mol. The van der Waals surface area contributed by atoms with Crippen LogP contribution in [0.15, 0.2) is 28.7 Å². The molecule has 190 valence electrons. The summed E-state index contributed by atoms with van der Waals surface area (Å²) in [6.07, 6.45) is 0.417. The number of rotatable bonds is 10. The normalized spacial score (nSPS) is 19.7. The molecule has 0 saturated carbocycles. The fraction of sp³-hybridized carbons (Fsp3) is 0.560. The van der Waals surface area contributed by atoms with Crippen molar-refractivity contribution >= 4 is 28.6 Å². The fourth-order valence-electron chi connectivity index (χ4n) is 4.14. The number of amides is 2. The quantitative estimate of drug-likeness (QED) is 0.516. The van der Waals surface area contributed by atoms with Crippen LogP contribution >= 0.6 is 0 Å². The van der Waals surface area contributed by atoms with E-state index >= 15 is 0 Å². The van der Waals surface area contributed by atoms with Crippen molar-refractivity contribution in [1.82, 2.24) is 15.5 Å². The predicted molar refractivity (Wildman–Crippen MR) is 127 cm³/mol. The average Bonchev–Trinajstić information content (AvgIpc) is 3.44. The van der Waals surface area contributed by atoms with E-state index in [0.717, 1.165) is 38.2 Å². The number of fused-ring (bicyclic) bond motifs is 1. The van der Waals surface area contributed by atoms with Crippen molar-refractivity contribution in [1.29, 1.82) is 0 Å². The zero-order chi connectivity index (χ0) is 24.8. The molecule has 2 aromatic rings. The van der Waals surface area contributed by atoms with E-state index in [4.69, 9.17) is 18.6 Å². The molecule has 1 aromatic carbocycles. The van der Waals surface area contributed by atoms with Gasteiger partial charge in [-0.1, -0.05) is 13.8 Å². The number of Topliss-reactive ketones (excluding diaryl/α,β-unsaturated/α-hetero) is 1. The van der Waals surface area contributed by atoms with Crippen molar-refractivity contribution in [2.45, 2.75) is 32.4 Å². The first kappa shape index (κ1) is 25.2. The van der Waals surface area contributed by atoms with Gasteiger partial charge >= 0.3 is 0 Å². The van der Waals surface area contributed by atoms with Crippen molar-refractivity contribution in [2.75, 3.05) is 52.7 Å². The Bertz CT molecular complexity index is 1040. The van der Waals surface area contributed by atoms with E-state index in [1.54, 1.807) is 12.1 Å². The number of benzene rings is 1. The van der Waals surface area contributed by atoms with Crippen LogP contribution < -0.4 is 15.4 Å². The largest absolute Gasteiger partial charge is 0.492 e. The molecule has 2 fully saturated rings. The van der Waals surface area contributed by atoms with Crippen LogP contribution in [0.2, 0.25) is 0 Å². The minimum absolute atomic E-state index is 0.00986. The van der Waals surface area contributed by atoms with Gasteiger partial charge in [0.15, 0.2) is 11.5 Å². The molecule has 10 nitrogen and oxygen atoms in total. The molecule has 1 aromatic heterocycles. The van der Waals surface area contributed by atoms with Crippen molar-refractivity contribution < 1.29 is 33.0 Å². The Labute approximate surface area is 204 Å². The molecule has 1 unspecified atom stereocenters. The topological polar surface area (TPSA) is 119 Å². The SMILES string of the molecule is CC(C)C[C@H](NC(=O)c1cc2cc(OCCN3CCOCC3)ccc2o1)C(=O)NC1COCC1=O. The minimum atomic E-state index is -0.803. The molecule has 2 N–H and O–H groups in total. The highest BCUT2D eigenvalue weighted by Crippen LogP contribution is 2.24. The van der Waals surface area contributed by atoms with Crippen molar-refractivity contribution in [3.63, 3.8) is 0 Å². The zero-order valence-corrected chi connectivity index (χ0v) is 20.2. The molecule has 2 saturated heterocycles. The third kappa shape index (κ3) is 6.81. The molecule has 0 radical (unpaired) electrons. The maximum absolute atomic E-state index is 12.9. The van der Waals surface area contributed by atoms with Gasteiger partial charge in [0.05, 0.1) is 19.8 Å². The number of furan rings is 1. The number of carbonyl (C=O) groups excluding carboxylic acids is 3. The molecular formula is C25H33N3O7. The Morgan fingerprint density at radius 1 is 1.17 bits per heavy atom. The molecule has 35 heavy (non-hydrogen) atoms. The summed E-state index contributed by atoms with van der Waals surface area (Å²) < 4.78 is 22.1. The number of ether oxygens (including phenoxy) is 3. The second-order valence-corrected chi connectivity index (χ2v) is 9.31. The third-order valence-corrected chi connectivity index (χ3v) is 6.05. The van der Waals surface area contributed by atoms with E-state index in [1.165, 1.54) is 0 Å². The number of carbonyl (C=O) groups is 3. The smallest absolute Gasteiger partial charge is 0.287 e. The summed E-state index contributed by atoms with van der Waals surface area (Å²) in [7, 11) is 0. The number of hydrogen-bond acceptors (Lipinski definition) is 8. The van der Waals surface area contributed by atoms with Crippen molar-refractivity contribution in [3.8, 4) is 5.75 Å². The maximum atomic E-state index is 12.9. The second kappa shape index (κ2) is 11.7. The lowest BCUT2D eigenvalue weighted by Gasteiger charge is -2.26. The summed E-state index contributed by atoms with van der Waals surface area (Å²) in [5, 5.41) is 6.17. The summed E-state index contributed by atoms with van der Waals surface area (Å²) >= 11 is 0. The standard InChI is InChI=1S/C25H33N3O7/c1-16(2)11-19(24(30)27-20-14-33-15-21(20)29)26-25(31)23-13-17-12-18(3-4-22(17)35-23)34-10-7-28-5-8-32-9-6-28/h3-4,12-13,16,19-20H,5-11,14-15H2,1-2H3,(H,26,31)(H,27,30)/t19-,20?/m0/s1. The molecule has 0 aliphatic carbocycles. The molecule has 4 rings (SSSR count). The Balaban J connectivity index is 1.36. The van der Waals surface area contributed by atoms with Gasteiger partial charge in [-0.15, -0.1) is 0 Å². The van der Waals surface area contributed by atoms with Crippen LogP contribution in [-0.2, 0) is 19.1 Å². The molecular weight excluding hydrogens is 454 g/mol. The molecule has 0 spiro atoms. The summed E-state index contributed by atoms with van der Waals surface area (Å²) in [5.74, 6) is -0.136. The Morgan fingerprint density at radius 2 is 1.97 bits per heavy atom. The second-order valence-electron chi connectivity index (χ2n) is 9.31. The van der Waals surface area contributed by atoms with Crippen LogP contribution in [0, 0.1) is 5.92 Å². The van der Waals surface area contributed by atoms with Gasteiger partial charge in [0.2, 0.25) is 5.91 Å². The average molecular weight is 488 g/mol. The molecule has 3 heterocycles. The van der Waals surface area contributed by atoms with Crippen LogP contribution in [-0.4, -0.2) is 87.2 Å². The third-order valence-electron chi connectivity index (χ3n) is 6.05. The van der Waals surface area contributed by atoms with Crippen LogP contribution in [0.1, 0.15) is 30.8 Å². The highest BCUT2D eigenvalue weighted by molar-refractivity contribution is 5.99. The van der Waals surface area contributed by atoms with E-state index in [2.05, 4.69) is 15.5 Å². The highest BCUT2D eigenvalue weighted by Gasteiger charge is 2.31. The lowest BCUT2D eigenvalue weighted by molar-refractivity contribution is -0.127. The number of nitrogens with one attached hydrogen (secondary N) is 2. The van der Waals surface area contributed by atoms with Gasteiger partial charge in [-0.25, -0.2) is 0 Å². The number of ketones is 1. The van der Waals surface area contributed by atoms with Gasteiger partial charge in [-0.2, -0.15) is 0 Å². The van der Waals surface area contributed by atoms with E-state index in [1.807, 2.05) is 26.0 Å². The van der Waals surface area contributed by atoms with Gasteiger partial charge in [-0.3, -0.25) is 19.3 Å². The summed E-state index contributed by atoms with van der Waals surface area (Å²) in [4.78, 5) is 39.8. The first-order valence-corrected chi connectivity index (χ1v) is 12.1. The lowest BCUT2D eigenvalue weighted by atomic mass is 10.0. The van der Waals surface area contributed by atoms with Crippen LogP contribution in [0.25, 0.3) is 11.0 Å². The number of nitrogens with zero attached hydrogens (tertiary/aromatic N) is 1. The number of morpholine rings is 1. The molecule has 2 amide bonds. The first-order chi connectivity index (χ1) is 16.9. The zero-order valence-electron chi connectivity index (χ0n) is 20.2. The molecule has 0 bridgehead atoms. The highest BCUT2D eigenvalue weighted by atomic mass is 16.5. The number of hydrogen-bond donors (Lipinski definition) is 2. The van der Waals surface area contributed by atoms with Gasteiger partial charge in [0, 0.05) is 25.0 Å². The van der Waals surface area contributed by atoms with Crippen molar-refractivity contribution in [2.24, 2.45) is 5.92 Å².